The molecule has 0 aliphatic rings. The molecule has 2 atom stereocenters. The van der Waals surface area contributed by atoms with Crippen molar-refractivity contribution in [2.45, 2.75) is 53.2 Å². The molecule has 0 aromatic rings. The Labute approximate surface area is 192 Å². The maximum Gasteiger partial charge on any atom is 0.508 e. The van der Waals surface area contributed by atoms with E-state index in [1.165, 1.54) is 27.7 Å². The number of hydrogen-bond acceptors (Lipinski definition) is 11. The number of phosphoric ester groups is 1. The van der Waals surface area contributed by atoms with Gasteiger partial charge in [0.05, 0.1) is 19.0 Å². The van der Waals surface area contributed by atoms with Crippen LogP contribution < -0.4 is 5.32 Å². The molecule has 194 valence electrons. The molecule has 0 saturated carbocycles. The summed E-state index contributed by atoms with van der Waals surface area (Å²) in [5.41, 5.74) is -1.58. The van der Waals surface area contributed by atoms with Crippen LogP contribution in [0.15, 0.2) is 0 Å². The molecule has 0 bridgehead atoms. The molecule has 14 nitrogen and oxygen atoms in total. The van der Waals surface area contributed by atoms with E-state index >= 15 is 0 Å². The molecule has 3 N–H and O–H groups in total. The summed E-state index contributed by atoms with van der Waals surface area (Å²) in [6, 6.07) is 0. The molecule has 16 heteroatoms. The van der Waals surface area contributed by atoms with E-state index in [1.54, 1.807) is 6.92 Å². The zero-order valence-corrected chi connectivity index (χ0v) is 20.8. The van der Waals surface area contributed by atoms with Crippen LogP contribution >= 0.6 is 7.82 Å². The van der Waals surface area contributed by atoms with Gasteiger partial charge in [0.15, 0.2) is 6.10 Å². The standard InChI is InChI=1S/C17H32NO13PS/c1-6-27-16(21)28-10-12(2)30-15(20)14(31-32(22,23)24)17(4,5)11-29-33(25,26)9-7-8-18-13(3)19/h12,14H,6-11H2,1-5H3,(H,18,19)(H2,22,23,24)/t12?,14-/m0/s1. The molecule has 0 fully saturated rings. The first-order chi connectivity index (χ1) is 15.0. The van der Waals surface area contributed by atoms with Crippen LogP contribution in [-0.2, 0) is 47.2 Å². The van der Waals surface area contributed by atoms with Crippen LogP contribution in [0.4, 0.5) is 4.79 Å². The molecule has 0 aromatic carbocycles. The van der Waals surface area contributed by atoms with Crippen molar-refractivity contribution in [3.63, 3.8) is 0 Å². The molecule has 0 radical (unpaired) electrons. The first kappa shape index (κ1) is 31.2. The first-order valence-electron chi connectivity index (χ1n) is 9.84. The predicted molar refractivity (Wildman–Crippen MR) is 112 cm³/mol. The van der Waals surface area contributed by atoms with Gasteiger partial charge in [0.1, 0.15) is 12.7 Å². The van der Waals surface area contributed by atoms with Gasteiger partial charge in [0.2, 0.25) is 5.91 Å². The Morgan fingerprint density at radius 3 is 2.27 bits per heavy atom. The molecule has 0 heterocycles. The first-order valence-corrected chi connectivity index (χ1v) is 13.0. The molecule has 33 heavy (non-hydrogen) atoms. The smallest absolute Gasteiger partial charge is 0.457 e. The number of ether oxygens (including phenoxy) is 3. The summed E-state index contributed by atoms with van der Waals surface area (Å²) in [5, 5.41) is 2.43. The van der Waals surface area contributed by atoms with Gasteiger partial charge in [-0.25, -0.2) is 14.2 Å². The molecule has 1 unspecified atom stereocenters. The fraction of sp³-hybridized carbons (Fsp3) is 0.824. The Balaban J connectivity index is 5.15. The summed E-state index contributed by atoms with van der Waals surface area (Å²) >= 11 is 0. The molecule has 0 aliphatic heterocycles. The average molecular weight is 521 g/mol. The summed E-state index contributed by atoms with van der Waals surface area (Å²) < 4.78 is 59.3. The SMILES string of the molecule is CCOC(=O)OCC(C)OC(=O)[C@H](OP(=O)(O)O)C(C)(C)COS(=O)(=O)CCCNC(C)=O. The van der Waals surface area contributed by atoms with Crippen molar-refractivity contribution in [1.29, 1.82) is 0 Å². The second-order valence-electron chi connectivity index (χ2n) is 7.57. The number of esters is 1. The summed E-state index contributed by atoms with van der Waals surface area (Å²) in [6.07, 6.45) is -3.91. The number of carbonyl (C=O) groups is 3. The minimum absolute atomic E-state index is 0.0603. The zero-order chi connectivity index (χ0) is 25.9. The molecule has 0 rings (SSSR count). The maximum atomic E-state index is 12.5. The van der Waals surface area contributed by atoms with Crippen molar-refractivity contribution in [1.82, 2.24) is 5.32 Å². The largest absolute Gasteiger partial charge is 0.508 e. The normalized spacial score (nSPS) is 14.2. The third-order valence-electron chi connectivity index (χ3n) is 3.74. The lowest BCUT2D eigenvalue weighted by molar-refractivity contribution is -0.167. The Kier molecular flexibility index (Phi) is 13.1. The molecular formula is C17H32NO13PS. The van der Waals surface area contributed by atoms with Crippen LogP contribution in [0.2, 0.25) is 0 Å². The summed E-state index contributed by atoms with van der Waals surface area (Å²) in [6.45, 7) is 5.81. The van der Waals surface area contributed by atoms with Crippen molar-refractivity contribution >= 4 is 36.0 Å². The Hall–Kier alpha value is -1.77. The van der Waals surface area contributed by atoms with Crippen LogP contribution in [0.25, 0.3) is 0 Å². The summed E-state index contributed by atoms with van der Waals surface area (Å²) in [4.78, 5) is 52.9. The van der Waals surface area contributed by atoms with E-state index < -0.39 is 66.7 Å². The highest BCUT2D eigenvalue weighted by Gasteiger charge is 2.43. The van der Waals surface area contributed by atoms with Crippen LogP contribution in [0.5, 0.6) is 0 Å². The van der Waals surface area contributed by atoms with Gasteiger partial charge in [-0.2, -0.15) is 8.42 Å². The lowest BCUT2D eigenvalue weighted by Crippen LogP contribution is -2.44. The monoisotopic (exact) mass is 521 g/mol. The predicted octanol–water partition coefficient (Wildman–Crippen LogP) is 0.468. The fourth-order valence-electron chi connectivity index (χ4n) is 2.17. The highest BCUT2D eigenvalue weighted by Crippen LogP contribution is 2.42. The Morgan fingerprint density at radius 2 is 1.76 bits per heavy atom. The summed E-state index contributed by atoms with van der Waals surface area (Å²) in [7, 11) is -9.29. The van der Waals surface area contributed by atoms with Crippen molar-refractivity contribution in [3.05, 3.63) is 0 Å². The van der Waals surface area contributed by atoms with Gasteiger partial charge in [0, 0.05) is 18.9 Å². The second-order valence-corrected chi connectivity index (χ2v) is 10.5. The number of hydrogen-bond donors (Lipinski definition) is 3. The van der Waals surface area contributed by atoms with Gasteiger partial charge in [-0.15, -0.1) is 0 Å². The van der Waals surface area contributed by atoms with Gasteiger partial charge in [-0.05, 0) is 20.3 Å². The number of rotatable bonds is 15. The van der Waals surface area contributed by atoms with Crippen LogP contribution in [0.3, 0.4) is 0 Å². The second kappa shape index (κ2) is 13.8. The lowest BCUT2D eigenvalue weighted by atomic mass is 9.87. The van der Waals surface area contributed by atoms with E-state index in [0.717, 1.165) is 0 Å². The topological polar surface area (TPSA) is 201 Å². The van der Waals surface area contributed by atoms with E-state index in [9.17, 15) is 37.2 Å². The van der Waals surface area contributed by atoms with Gasteiger partial charge < -0.3 is 29.3 Å². The van der Waals surface area contributed by atoms with Crippen molar-refractivity contribution < 1.29 is 60.1 Å². The molecule has 0 aliphatic carbocycles. The van der Waals surface area contributed by atoms with Crippen molar-refractivity contribution in [3.8, 4) is 0 Å². The molecule has 0 aromatic heterocycles. The van der Waals surface area contributed by atoms with E-state index in [4.69, 9.17) is 13.7 Å². The average Bonchev–Trinajstić information content (AvgIpc) is 2.66. The third-order valence-corrected chi connectivity index (χ3v) is 5.49. The van der Waals surface area contributed by atoms with Crippen molar-refractivity contribution in [2.75, 3.05) is 32.1 Å². The van der Waals surface area contributed by atoms with Gasteiger partial charge >= 0.3 is 19.9 Å². The fourth-order valence-corrected chi connectivity index (χ4v) is 3.92. The maximum absolute atomic E-state index is 12.5. The number of phosphoric acid groups is 1. The van der Waals surface area contributed by atoms with E-state index in [0.29, 0.717) is 0 Å². The van der Waals surface area contributed by atoms with Gasteiger partial charge in [-0.1, -0.05) is 13.8 Å². The third kappa shape index (κ3) is 14.9. The van der Waals surface area contributed by atoms with Gasteiger partial charge in [0.25, 0.3) is 10.1 Å². The summed E-state index contributed by atoms with van der Waals surface area (Å²) in [5.74, 6) is -2.01. The molecule has 0 saturated heterocycles. The molecule has 1 amide bonds. The van der Waals surface area contributed by atoms with E-state index in [1.807, 2.05) is 0 Å². The number of nitrogens with one attached hydrogen (secondary N) is 1. The van der Waals surface area contributed by atoms with Crippen molar-refractivity contribution in [2.24, 2.45) is 5.41 Å². The highest BCUT2D eigenvalue weighted by molar-refractivity contribution is 7.86. The quantitative estimate of drug-likeness (QED) is 0.116. The molecule has 0 spiro atoms. The van der Waals surface area contributed by atoms with E-state index in [-0.39, 0.29) is 25.5 Å². The minimum Gasteiger partial charge on any atom is -0.457 e. The van der Waals surface area contributed by atoms with Crippen LogP contribution in [0.1, 0.15) is 41.0 Å². The lowest BCUT2D eigenvalue weighted by Gasteiger charge is -2.32. The minimum atomic E-state index is -5.20. The zero-order valence-electron chi connectivity index (χ0n) is 19.1. The molecular weight excluding hydrogens is 489 g/mol. The Morgan fingerprint density at radius 1 is 1.15 bits per heavy atom. The van der Waals surface area contributed by atoms with Crippen LogP contribution in [0, 0.1) is 5.41 Å². The Bertz CT molecular complexity index is 808. The van der Waals surface area contributed by atoms with Gasteiger partial charge in [-0.3, -0.25) is 13.5 Å². The number of amides is 1. The number of carbonyl (C=O) groups excluding carboxylic acids is 3. The highest BCUT2D eigenvalue weighted by atomic mass is 32.2. The van der Waals surface area contributed by atoms with E-state index in [2.05, 4.69) is 14.6 Å². The van der Waals surface area contributed by atoms with Crippen LogP contribution in [-0.4, -0.2) is 80.6 Å².